The normalized spacial score (nSPS) is 17.2. The highest BCUT2D eigenvalue weighted by Crippen LogP contribution is 2.36. The SMILES string of the molecule is CC(CNCc1cn2cc(Cl)ccc2n1)C1CC1. The van der Waals surface area contributed by atoms with Crippen molar-refractivity contribution in [2.24, 2.45) is 11.8 Å². The van der Waals surface area contributed by atoms with E-state index in [2.05, 4.69) is 17.2 Å². The monoisotopic (exact) mass is 263 g/mol. The molecule has 1 aliphatic rings. The number of aromatic nitrogens is 2. The van der Waals surface area contributed by atoms with Crippen molar-refractivity contribution < 1.29 is 0 Å². The summed E-state index contributed by atoms with van der Waals surface area (Å²) in [7, 11) is 0. The van der Waals surface area contributed by atoms with Crippen molar-refractivity contribution in [2.45, 2.75) is 26.3 Å². The number of fused-ring (bicyclic) bond motifs is 1. The molecule has 2 aromatic rings. The maximum absolute atomic E-state index is 5.95. The van der Waals surface area contributed by atoms with Crippen LogP contribution in [0.2, 0.25) is 5.02 Å². The molecule has 1 unspecified atom stereocenters. The Bertz CT molecular complexity index is 545. The van der Waals surface area contributed by atoms with E-state index < -0.39 is 0 Å². The van der Waals surface area contributed by atoms with E-state index in [9.17, 15) is 0 Å². The van der Waals surface area contributed by atoms with E-state index in [0.29, 0.717) is 0 Å². The molecular weight excluding hydrogens is 246 g/mol. The Morgan fingerprint density at radius 1 is 1.44 bits per heavy atom. The van der Waals surface area contributed by atoms with Crippen molar-refractivity contribution in [1.29, 1.82) is 0 Å². The van der Waals surface area contributed by atoms with Gasteiger partial charge in [0.2, 0.25) is 0 Å². The third kappa shape index (κ3) is 2.68. The van der Waals surface area contributed by atoms with Crippen LogP contribution in [0.3, 0.4) is 0 Å². The molecule has 0 amide bonds. The molecule has 96 valence electrons. The van der Waals surface area contributed by atoms with Gasteiger partial charge in [-0.1, -0.05) is 18.5 Å². The van der Waals surface area contributed by atoms with Crippen LogP contribution in [0.15, 0.2) is 24.5 Å². The first kappa shape index (κ1) is 12.0. The lowest BCUT2D eigenvalue weighted by molar-refractivity contribution is 0.460. The molecule has 1 atom stereocenters. The van der Waals surface area contributed by atoms with Crippen LogP contribution >= 0.6 is 11.6 Å². The van der Waals surface area contributed by atoms with Gasteiger partial charge in [-0.25, -0.2) is 4.98 Å². The zero-order valence-electron chi connectivity index (χ0n) is 10.6. The standard InChI is InChI=1S/C14H18ClN3/c1-10(11-2-3-11)6-16-7-13-9-18-8-12(15)4-5-14(18)17-13/h4-5,8-11,16H,2-3,6-7H2,1H3. The third-order valence-electron chi connectivity index (χ3n) is 3.66. The fourth-order valence-corrected chi connectivity index (χ4v) is 2.53. The highest BCUT2D eigenvalue weighted by molar-refractivity contribution is 6.30. The molecular formula is C14H18ClN3. The molecule has 2 heterocycles. The molecule has 0 spiro atoms. The first-order valence-corrected chi connectivity index (χ1v) is 6.94. The minimum Gasteiger partial charge on any atom is -0.311 e. The second kappa shape index (κ2) is 4.90. The van der Waals surface area contributed by atoms with Gasteiger partial charge in [0.05, 0.1) is 10.7 Å². The Balaban J connectivity index is 1.60. The second-order valence-electron chi connectivity index (χ2n) is 5.29. The van der Waals surface area contributed by atoms with E-state index >= 15 is 0 Å². The van der Waals surface area contributed by atoms with Crippen molar-refractivity contribution in [1.82, 2.24) is 14.7 Å². The molecule has 1 N–H and O–H groups in total. The van der Waals surface area contributed by atoms with Gasteiger partial charge in [-0.3, -0.25) is 0 Å². The van der Waals surface area contributed by atoms with Crippen LogP contribution in [0.4, 0.5) is 0 Å². The maximum atomic E-state index is 5.95. The summed E-state index contributed by atoms with van der Waals surface area (Å²) in [6.45, 7) is 4.24. The smallest absolute Gasteiger partial charge is 0.137 e. The predicted octanol–water partition coefficient (Wildman–Crippen LogP) is 3.12. The van der Waals surface area contributed by atoms with Gasteiger partial charge in [0.25, 0.3) is 0 Å². The van der Waals surface area contributed by atoms with Gasteiger partial charge >= 0.3 is 0 Å². The van der Waals surface area contributed by atoms with Crippen molar-refractivity contribution >= 4 is 17.2 Å². The Hall–Kier alpha value is -1.06. The number of nitrogens with zero attached hydrogens (tertiary/aromatic N) is 2. The number of hydrogen-bond donors (Lipinski definition) is 1. The molecule has 0 aromatic carbocycles. The summed E-state index contributed by atoms with van der Waals surface area (Å²) in [6, 6.07) is 3.81. The van der Waals surface area contributed by atoms with Gasteiger partial charge in [0.15, 0.2) is 0 Å². The van der Waals surface area contributed by atoms with Crippen molar-refractivity contribution in [3.63, 3.8) is 0 Å². The van der Waals surface area contributed by atoms with Crippen LogP contribution in [-0.4, -0.2) is 15.9 Å². The van der Waals surface area contributed by atoms with E-state index in [1.54, 1.807) is 0 Å². The number of hydrogen-bond acceptors (Lipinski definition) is 2. The summed E-state index contributed by atoms with van der Waals surface area (Å²) in [5.74, 6) is 1.74. The Kier molecular flexibility index (Phi) is 3.27. The summed E-state index contributed by atoms with van der Waals surface area (Å²) in [5, 5.41) is 4.23. The lowest BCUT2D eigenvalue weighted by Crippen LogP contribution is -2.21. The number of pyridine rings is 1. The van der Waals surface area contributed by atoms with Crippen molar-refractivity contribution in [3.05, 3.63) is 35.2 Å². The molecule has 4 heteroatoms. The third-order valence-corrected chi connectivity index (χ3v) is 3.89. The van der Waals surface area contributed by atoms with Gasteiger partial charge < -0.3 is 9.72 Å². The van der Waals surface area contributed by atoms with E-state index in [1.807, 2.05) is 28.9 Å². The number of imidazole rings is 1. The van der Waals surface area contributed by atoms with Gasteiger partial charge in [0, 0.05) is 18.9 Å². The molecule has 0 saturated heterocycles. The van der Waals surface area contributed by atoms with Crippen LogP contribution in [-0.2, 0) is 6.54 Å². The molecule has 1 saturated carbocycles. The van der Waals surface area contributed by atoms with Crippen molar-refractivity contribution in [3.8, 4) is 0 Å². The van der Waals surface area contributed by atoms with E-state index in [-0.39, 0.29) is 0 Å². The molecule has 2 aromatic heterocycles. The predicted molar refractivity (Wildman–Crippen MR) is 73.8 cm³/mol. The lowest BCUT2D eigenvalue weighted by atomic mass is 10.1. The molecule has 3 rings (SSSR count). The van der Waals surface area contributed by atoms with Crippen LogP contribution in [0.1, 0.15) is 25.5 Å². The summed E-state index contributed by atoms with van der Waals surface area (Å²) in [5.41, 5.74) is 2.02. The highest BCUT2D eigenvalue weighted by atomic mass is 35.5. The Morgan fingerprint density at radius 3 is 3.06 bits per heavy atom. The molecule has 1 aliphatic carbocycles. The summed E-state index contributed by atoms with van der Waals surface area (Å²) < 4.78 is 1.98. The van der Waals surface area contributed by atoms with E-state index in [0.717, 1.165) is 41.3 Å². The largest absolute Gasteiger partial charge is 0.311 e. The van der Waals surface area contributed by atoms with Gasteiger partial charge in [-0.2, -0.15) is 0 Å². The zero-order chi connectivity index (χ0) is 12.5. The number of halogens is 1. The first-order valence-electron chi connectivity index (χ1n) is 6.56. The van der Waals surface area contributed by atoms with Crippen LogP contribution in [0.5, 0.6) is 0 Å². The number of nitrogens with one attached hydrogen (secondary N) is 1. The number of rotatable bonds is 5. The van der Waals surface area contributed by atoms with Gasteiger partial charge in [-0.05, 0) is 43.4 Å². The Morgan fingerprint density at radius 2 is 2.28 bits per heavy atom. The molecule has 3 nitrogen and oxygen atoms in total. The fourth-order valence-electron chi connectivity index (χ4n) is 2.36. The van der Waals surface area contributed by atoms with Gasteiger partial charge in [-0.15, -0.1) is 0 Å². The molecule has 18 heavy (non-hydrogen) atoms. The molecule has 0 radical (unpaired) electrons. The van der Waals surface area contributed by atoms with Crippen LogP contribution in [0.25, 0.3) is 5.65 Å². The van der Waals surface area contributed by atoms with E-state index in [4.69, 9.17) is 11.6 Å². The minimum absolute atomic E-state index is 0.738. The molecule has 0 bridgehead atoms. The van der Waals surface area contributed by atoms with Crippen molar-refractivity contribution in [2.75, 3.05) is 6.54 Å². The maximum Gasteiger partial charge on any atom is 0.137 e. The van der Waals surface area contributed by atoms with Crippen LogP contribution < -0.4 is 5.32 Å². The lowest BCUT2D eigenvalue weighted by Gasteiger charge is -2.09. The molecule has 0 aliphatic heterocycles. The first-order chi connectivity index (χ1) is 8.72. The summed E-state index contributed by atoms with van der Waals surface area (Å²) >= 11 is 5.95. The van der Waals surface area contributed by atoms with Crippen LogP contribution in [0, 0.1) is 11.8 Å². The quantitative estimate of drug-likeness (QED) is 0.898. The highest BCUT2D eigenvalue weighted by Gasteiger charge is 2.27. The summed E-state index contributed by atoms with van der Waals surface area (Å²) in [4.78, 5) is 4.55. The zero-order valence-corrected chi connectivity index (χ0v) is 11.3. The average molecular weight is 264 g/mol. The second-order valence-corrected chi connectivity index (χ2v) is 5.73. The summed E-state index contributed by atoms with van der Waals surface area (Å²) in [6.07, 6.45) is 6.75. The minimum atomic E-state index is 0.738. The average Bonchev–Trinajstić information content (AvgIpc) is 3.11. The topological polar surface area (TPSA) is 29.3 Å². The fraction of sp³-hybridized carbons (Fsp3) is 0.500. The molecule has 1 fully saturated rings. The van der Waals surface area contributed by atoms with E-state index in [1.165, 1.54) is 12.8 Å². The Labute approximate surface area is 112 Å². The van der Waals surface area contributed by atoms with Gasteiger partial charge in [0.1, 0.15) is 5.65 Å².